The van der Waals surface area contributed by atoms with Crippen molar-refractivity contribution in [2.75, 3.05) is 11.9 Å². The van der Waals surface area contributed by atoms with Gasteiger partial charge in [-0.25, -0.2) is 0 Å². The van der Waals surface area contributed by atoms with E-state index in [-0.39, 0.29) is 0 Å². The fourth-order valence-electron chi connectivity index (χ4n) is 2.36. The number of rotatable bonds is 5. The summed E-state index contributed by atoms with van der Waals surface area (Å²) in [5, 5.41) is 11.3. The van der Waals surface area contributed by atoms with E-state index in [9.17, 15) is 0 Å². The Morgan fingerprint density at radius 2 is 1.64 bits per heavy atom. The van der Waals surface area contributed by atoms with Crippen LogP contribution in [-0.2, 0) is 26.6 Å². The number of halogens is 3. The van der Waals surface area contributed by atoms with Crippen molar-refractivity contribution in [3.8, 4) is 0 Å². The minimum absolute atomic E-state index is 0.500. The molecule has 0 saturated carbocycles. The standard InChI is InChI=1S/C18H20N6.3ClH.Zn/c1-14-19-18(22-24(14)3)21-20-16-9-11-17(12-10-16)23(2)13-15-7-5-4-6-8-15;;;;/h4-12H,13H2,1-3H3;3*1H;/q;;;;+2/p-2. The van der Waals surface area contributed by atoms with E-state index >= 15 is 0 Å². The second-order valence-electron chi connectivity index (χ2n) is 6.01. The Balaban J connectivity index is 0.000000640. The molecule has 0 amide bonds. The molecule has 0 unspecified atom stereocenters. The van der Waals surface area contributed by atoms with Gasteiger partial charge in [0.15, 0.2) is 0 Å². The molecule has 0 radical (unpaired) electrons. The second kappa shape index (κ2) is 11.5. The Labute approximate surface area is 182 Å². The van der Waals surface area contributed by atoms with Crippen LogP contribution in [0.4, 0.5) is 17.3 Å². The molecule has 0 aliphatic heterocycles. The first kappa shape index (κ1) is 22.8. The summed E-state index contributed by atoms with van der Waals surface area (Å²) in [7, 11) is 19.0. The summed E-state index contributed by atoms with van der Waals surface area (Å²) in [5.74, 6) is 1.36. The number of anilines is 1. The van der Waals surface area contributed by atoms with Gasteiger partial charge in [-0.15, -0.1) is 5.11 Å². The number of aromatic nitrogens is 3. The van der Waals surface area contributed by atoms with E-state index in [2.05, 4.69) is 56.5 Å². The maximum absolute atomic E-state index is 5.01. The van der Waals surface area contributed by atoms with Gasteiger partial charge >= 0.3 is 53.8 Å². The van der Waals surface area contributed by atoms with Crippen LogP contribution in [0, 0.1) is 6.92 Å². The van der Waals surface area contributed by atoms with E-state index in [1.54, 1.807) is 4.68 Å². The van der Waals surface area contributed by atoms with Gasteiger partial charge in [-0.05, 0) is 29.8 Å². The Morgan fingerprint density at radius 3 is 2.18 bits per heavy atom. The number of nitrogens with one attached hydrogen (secondary N) is 1. The van der Waals surface area contributed by atoms with Gasteiger partial charge in [-0.3, -0.25) is 0 Å². The molecule has 1 N–H and O–H groups in total. The van der Waals surface area contributed by atoms with Gasteiger partial charge in [0.1, 0.15) is 7.05 Å². The Morgan fingerprint density at radius 1 is 1.04 bits per heavy atom. The molecule has 10 heteroatoms. The third-order valence-corrected chi connectivity index (χ3v) is 3.83. The summed E-state index contributed by atoms with van der Waals surface area (Å²) in [6.07, 6.45) is 0. The van der Waals surface area contributed by atoms with Gasteiger partial charge < -0.3 is 4.90 Å². The number of H-pyrrole nitrogens is 1. The monoisotopic (exact) mass is 490 g/mol. The third-order valence-electron chi connectivity index (χ3n) is 3.83. The molecule has 2 aromatic carbocycles. The zero-order chi connectivity index (χ0) is 20.5. The molecule has 0 bridgehead atoms. The van der Waals surface area contributed by atoms with Crippen LogP contribution in [0.3, 0.4) is 0 Å². The third kappa shape index (κ3) is 7.84. The van der Waals surface area contributed by atoms with Gasteiger partial charge in [-0.1, -0.05) is 35.4 Å². The van der Waals surface area contributed by atoms with E-state index in [0.29, 0.717) is 5.95 Å². The first-order valence-corrected chi connectivity index (χ1v) is 20.3. The quantitative estimate of drug-likeness (QED) is 0.284. The van der Waals surface area contributed by atoms with Gasteiger partial charge in [0, 0.05) is 31.2 Å². The number of nitrogens with zero attached hydrogens (tertiary/aromatic N) is 5. The number of aryl methyl sites for hydroxylation is 2. The summed E-state index contributed by atoms with van der Waals surface area (Å²) in [4.78, 5) is 6.46. The molecule has 0 aliphatic rings. The van der Waals surface area contributed by atoms with Crippen LogP contribution in [0.1, 0.15) is 11.4 Å². The Kier molecular flexibility index (Phi) is 9.32. The normalized spacial score (nSPS) is 10.5. The predicted octanol–water partition coefficient (Wildman–Crippen LogP) is 5.66. The second-order valence-corrected chi connectivity index (χ2v) is 19.9. The Bertz CT molecular complexity index is 862. The van der Waals surface area contributed by atoms with Crippen molar-refractivity contribution in [3.63, 3.8) is 0 Å². The van der Waals surface area contributed by atoms with E-state index < -0.39 is 13.0 Å². The van der Waals surface area contributed by atoms with Crippen molar-refractivity contribution in [2.45, 2.75) is 13.5 Å². The van der Waals surface area contributed by atoms with E-state index in [0.717, 1.165) is 23.7 Å². The van der Waals surface area contributed by atoms with Gasteiger partial charge in [0.25, 0.3) is 0 Å². The molecule has 0 saturated heterocycles. The summed E-state index contributed by atoms with van der Waals surface area (Å²) < 4.78 is 1.80. The predicted molar refractivity (Wildman–Crippen MR) is 111 cm³/mol. The van der Waals surface area contributed by atoms with Crippen LogP contribution in [0.2, 0.25) is 0 Å². The number of aromatic amines is 1. The van der Waals surface area contributed by atoms with Gasteiger partial charge in [-0.2, -0.15) is 9.78 Å². The number of benzene rings is 2. The minimum atomic E-state index is -2.21. The van der Waals surface area contributed by atoms with Gasteiger partial charge in [0.05, 0.1) is 5.69 Å². The first-order valence-electron chi connectivity index (χ1n) is 8.61. The zero-order valence-corrected chi connectivity index (χ0v) is 21.2. The SMILES string of the molecule is Cc1nc(N=Nc2ccc(N(C)Cc3ccccc3)cc2)[nH][n+]1C.[Cl][Zn-]([Cl])[Cl]. The molecule has 1 aromatic heterocycles. The Hall–Kier alpha value is -1.53. The van der Waals surface area contributed by atoms with E-state index in [1.165, 1.54) is 5.56 Å². The molecular formula is C18H21Cl3N6Zn. The van der Waals surface area contributed by atoms with Crippen molar-refractivity contribution >= 4 is 46.4 Å². The van der Waals surface area contributed by atoms with Crippen LogP contribution in [0.15, 0.2) is 64.8 Å². The summed E-state index contributed by atoms with van der Waals surface area (Å²) in [6.45, 7) is 2.77. The van der Waals surface area contributed by atoms with Crippen molar-refractivity contribution in [2.24, 2.45) is 17.3 Å². The molecule has 0 aliphatic carbocycles. The molecule has 0 fully saturated rings. The van der Waals surface area contributed by atoms with Crippen molar-refractivity contribution in [3.05, 3.63) is 66.0 Å². The van der Waals surface area contributed by atoms with Crippen molar-refractivity contribution in [1.29, 1.82) is 0 Å². The topological polar surface area (TPSA) is 60.5 Å². The molecule has 146 valence electrons. The van der Waals surface area contributed by atoms with Crippen LogP contribution >= 0.6 is 29.1 Å². The van der Waals surface area contributed by atoms with Crippen molar-refractivity contribution < 1.29 is 17.7 Å². The summed E-state index contributed by atoms with van der Waals surface area (Å²) in [5.41, 5.74) is 3.21. The molecule has 1 heterocycles. The maximum atomic E-state index is 5.01. The van der Waals surface area contributed by atoms with E-state index in [1.807, 2.05) is 44.3 Å². The molecule has 3 aromatic rings. The van der Waals surface area contributed by atoms with Crippen LogP contribution in [-0.4, -0.2) is 17.1 Å². The molecule has 0 atom stereocenters. The van der Waals surface area contributed by atoms with Crippen molar-refractivity contribution in [1.82, 2.24) is 10.1 Å². The zero-order valence-electron chi connectivity index (χ0n) is 16.0. The fraction of sp³-hybridized carbons (Fsp3) is 0.222. The average Bonchev–Trinajstić information content (AvgIpc) is 2.98. The molecular weight excluding hydrogens is 472 g/mol. The first-order chi connectivity index (χ1) is 13.3. The number of hydrogen-bond acceptors (Lipinski definition) is 4. The summed E-state index contributed by atoms with van der Waals surface area (Å²) >= 11 is -2.21. The fourth-order valence-corrected chi connectivity index (χ4v) is 2.36. The summed E-state index contributed by atoms with van der Waals surface area (Å²) in [6, 6.07) is 18.4. The molecule has 6 nitrogen and oxygen atoms in total. The average molecular weight is 493 g/mol. The number of azo groups is 1. The van der Waals surface area contributed by atoms with Crippen LogP contribution in [0.5, 0.6) is 0 Å². The van der Waals surface area contributed by atoms with Crippen LogP contribution in [0.25, 0.3) is 0 Å². The van der Waals surface area contributed by atoms with Gasteiger partial charge in [0.2, 0.25) is 0 Å². The van der Waals surface area contributed by atoms with E-state index in [4.69, 9.17) is 29.1 Å². The molecule has 0 spiro atoms. The number of hydrogen-bond donors (Lipinski definition) is 1. The molecule has 3 rings (SSSR count). The van der Waals surface area contributed by atoms with Crippen LogP contribution < -0.4 is 9.58 Å². The molecule has 28 heavy (non-hydrogen) atoms.